The van der Waals surface area contributed by atoms with E-state index in [9.17, 15) is 0 Å². The summed E-state index contributed by atoms with van der Waals surface area (Å²) in [5.41, 5.74) is 0. The Morgan fingerprint density at radius 1 is 0.850 bits per heavy atom. The van der Waals surface area contributed by atoms with E-state index in [0.717, 1.165) is 12.0 Å². The molecule has 0 aromatic rings. The van der Waals surface area contributed by atoms with Crippen LogP contribution in [-0.4, -0.2) is 73.6 Å². The Morgan fingerprint density at radius 3 is 2.50 bits per heavy atom. The lowest BCUT2D eigenvalue weighted by atomic mass is 9.93. The molecule has 3 saturated heterocycles. The first-order valence-corrected chi connectivity index (χ1v) is 8.96. The Kier molecular flexibility index (Phi) is 5.36. The van der Waals surface area contributed by atoms with Crippen molar-refractivity contribution in [3.8, 4) is 0 Å². The van der Waals surface area contributed by atoms with Crippen LogP contribution in [0.1, 0.15) is 44.9 Å². The highest BCUT2D eigenvalue weighted by Gasteiger charge is 2.27. The zero-order chi connectivity index (χ0) is 13.8. The third kappa shape index (κ3) is 3.96. The molecule has 3 rings (SSSR count). The molecular formula is C17H33N3. The predicted molar refractivity (Wildman–Crippen MR) is 85.1 cm³/mol. The lowest BCUT2D eigenvalue weighted by Gasteiger charge is -2.36. The zero-order valence-corrected chi connectivity index (χ0v) is 13.4. The van der Waals surface area contributed by atoms with E-state index in [1.54, 1.807) is 0 Å². The number of hydrogen-bond donors (Lipinski definition) is 0. The molecule has 1 unspecified atom stereocenters. The van der Waals surface area contributed by atoms with Crippen molar-refractivity contribution in [1.82, 2.24) is 14.7 Å². The summed E-state index contributed by atoms with van der Waals surface area (Å²) in [6.45, 7) is 9.43. The van der Waals surface area contributed by atoms with Crippen LogP contribution in [0.3, 0.4) is 0 Å². The monoisotopic (exact) mass is 279 g/mol. The molecule has 0 radical (unpaired) electrons. The van der Waals surface area contributed by atoms with Crippen LogP contribution in [0.4, 0.5) is 0 Å². The molecule has 0 spiro atoms. The van der Waals surface area contributed by atoms with Gasteiger partial charge in [0.25, 0.3) is 0 Å². The second kappa shape index (κ2) is 7.24. The molecule has 0 aromatic carbocycles. The van der Waals surface area contributed by atoms with Crippen LogP contribution in [0.5, 0.6) is 0 Å². The number of likely N-dealkylation sites (tertiary alicyclic amines) is 1. The number of piperidine rings is 2. The molecule has 0 saturated carbocycles. The maximum absolute atomic E-state index is 2.79. The van der Waals surface area contributed by atoms with Gasteiger partial charge in [0.2, 0.25) is 0 Å². The van der Waals surface area contributed by atoms with Gasteiger partial charge >= 0.3 is 0 Å². The van der Waals surface area contributed by atoms with Crippen molar-refractivity contribution in [2.75, 3.05) is 52.9 Å². The molecule has 116 valence electrons. The lowest BCUT2D eigenvalue weighted by molar-refractivity contribution is 0.130. The van der Waals surface area contributed by atoms with Gasteiger partial charge in [-0.25, -0.2) is 0 Å². The summed E-state index contributed by atoms with van der Waals surface area (Å²) in [5, 5.41) is 0. The zero-order valence-electron chi connectivity index (χ0n) is 13.4. The quantitative estimate of drug-likeness (QED) is 0.785. The molecular weight excluding hydrogens is 246 g/mol. The standard InChI is InChI=1S/C17H33N3/c1-18-12-6-16(7-13-18)8-14-19-9-4-11-20-10-3-2-5-17(20)15-19/h16-17H,2-15H2,1H3. The fourth-order valence-corrected chi connectivity index (χ4v) is 4.37. The van der Waals surface area contributed by atoms with Crippen molar-refractivity contribution >= 4 is 0 Å². The molecule has 3 aliphatic heterocycles. The largest absolute Gasteiger partial charge is 0.306 e. The van der Waals surface area contributed by atoms with Gasteiger partial charge in [0, 0.05) is 12.6 Å². The van der Waals surface area contributed by atoms with Gasteiger partial charge in [-0.05, 0) is 90.8 Å². The van der Waals surface area contributed by atoms with Crippen LogP contribution in [0.2, 0.25) is 0 Å². The predicted octanol–water partition coefficient (Wildman–Crippen LogP) is 2.28. The SMILES string of the molecule is CN1CCC(CCN2CCCN3CCCCC3C2)CC1. The first-order chi connectivity index (χ1) is 9.81. The Labute approximate surface area is 125 Å². The number of rotatable bonds is 3. The molecule has 0 amide bonds. The van der Waals surface area contributed by atoms with Crippen LogP contribution in [0.15, 0.2) is 0 Å². The van der Waals surface area contributed by atoms with Crippen LogP contribution >= 0.6 is 0 Å². The fraction of sp³-hybridized carbons (Fsp3) is 1.00. The van der Waals surface area contributed by atoms with E-state index < -0.39 is 0 Å². The van der Waals surface area contributed by atoms with Crippen molar-refractivity contribution in [2.24, 2.45) is 5.92 Å². The second-order valence-corrected chi connectivity index (χ2v) is 7.38. The summed E-state index contributed by atoms with van der Waals surface area (Å²) in [4.78, 5) is 8.05. The highest BCUT2D eigenvalue weighted by Crippen LogP contribution is 2.23. The third-order valence-corrected chi connectivity index (χ3v) is 5.83. The van der Waals surface area contributed by atoms with Gasteiger partial charge in [-0.3, -0.25) is 4.90 Å². The fourth-order valence-electron chi connectivity index (χ4n) is 4.37. The summed E-state index contributed by atoms with van der Waals surface area (Å²) in [7, 11) is 2.27. The molecule has 0 aromatic heterocycles. The van der Waals surface area contributed by atoms with Crippen molar-refractivity contribution in [3.05, 3.63) is 0 Å². The summed E-state index contributed by atoms with van der Waals surface area (Å²) in [6, 6.07) is 0.878. The van der Waals surface area contributed by atoms with E-state index in [4.69, 9.17) is 0 Å². The maximum Gasteiger partial charge on any atom is 0.0223 e. The van der Waals surface area contributed by atoms with Gasteiger partial charge in [-0.15, -0.1) is 0 Å². The Hall–Kier alpha value is -0.120. The summed E-state index contributed by atoms with van der Waals surface area (Å²) in [6.07, 6.45) is 10.0. The second-order valence-electron chi connectivity index (χ2n) is 7.38. The number of hydrogen-bond acceptors (Lipinski definition) is 3. The molecule has 20 heavy (non-hydrogen) atoms. The average molecular weight is 279 g/mol. The van der Waals surface area contributed by atoms with E-state index in [1.165, 1.54) is 90.8 Å². The minimum Gasteiger partial charge on any atom is -0.306 e. The number of fused-ring (bicyclic) bond motifs is 1. The van der Waals surface area contributed by atoms with E-state index >= 15 is 0 Å². The Bertz CT molecular complexity index is 286. The van der Waals surface area contributed by atoms with Crippen molar-refractivity contribution in [2.45, 2.75) is 51.0 Å². The average Bonchev–Trinajstić information content (AvgIpc) is 2.68. The van der Waals surface area contributed by atoms with Gasteiger partial charge in [0.15, 0.2) is 0 Å². The smallest absolute Gasteiger partial charge is 0.0223 e. The highest BCUT2D eigenvalue weighted by molar-refractivity contribution is 4.83. The summed E-state index contributed by atoms with van der Waals surface area (Å²) >= 11 is 0. The molecule has 3 nitrogen and oxygen atoms in total. The minimum atomic E-state index is 0.878. The summed E-state index contributed by atoms with van der Waals surface area (Å²) in [5.74, 6) is 0.997. The molecule has 1 atom stereocenters. The highest BCUT2D eigenvalue weighted by atomic mass is 15.2. The minimum absolute atomic E-state index is 0.878. The van der Waals surface area contributed by atoms with Crippen molar-refractivity contribution < 1.29 is 0 Å². The van der Waals surface area contributed by atoms with Crippen LogP contribution < -0.4 is 0 Å². The van der Waals surface area contributed by atoms with Crippen LogP contribution in [0.25, 0.3) is 0 Å². The van der Waals surface area contributed by atoms with E-state index in [2.05, 4.69) is 21.7 Å². The topological polar surface area (TPSA) is 9.72 Å². The van der Waals surface area contributed by atoms with Gasteiger partial charge in [-0.2, -0.15) is 0 Å². The van der Waals surface area contributed by atoms with Gasteiger partial charge < -0.3 is 9.80 Å². The lowest BCUT2D eigenvalue weighted by Crippen LogP contribution is -2.44. The van der Waals surface area contributed by atoms with E-state index in [-0.39, 0.29) is 0 Å². The first kappa shape index (κ1) is 14.8. The maximum atomic E-state index is 2.79. The molecule has 3 heterocycles. The van der Waals surface area contributed by atoms with Crippen molar-refractivity contribution in [3.63, 3.8) is 0 Å². The van der Waals surface area contributed by atoms with Gasteiger partial charge in [-0.1, -0.05) is 6.42 Å². The Morgan fingerprint density at radius 2 is 1.65 bits per heavy atom. The van der Waals surface area contributed by atoms with Crippen molar-refractivity contribution in [1.29, 1.82) is 0 Å². The summed E-state index contributed by atoms with van der Waals surface area (Å²) < 4.78 is 0. The van der Waals surface area contributed by atoms with E-state index in [1.807, 2.05) is 0 Å². The van der Waals surface area contributed by atoms with Gasteiger partial charge in [0.1, 0.15) is 0 Å². The van der Waals surface area contributed by atoms with Crippen LogP contribution in [-0.2, 0) is 0 Å². The molecule has 3 fully saturated rings. The van der Waals surface area contributed by atoms with Gasteiger partial charge in [0.05, 0.1) is 0 Å². The first-order valence-electron chi connectivity index (χ1n) is 8.96. The molecule has 0 N–H and O–H groups in total. The Balaban J connectivity index is 1.43. The molecule has 0 bridgehead atoms. The van der Waals surface area contributed by atoms with Crippen LogP contribution in [0, 0.1) is 5.92 Å². The molecule has 3 aliphatic rings. The van der Waals surface area contributed by atoms with E-state index in [0.29, 0.717) is 0 Å². The molecule has 3 heteroatoms. The molecule has 0 aliphatic carbocycles. The number of nitrogens with zero attached hydrogens (tertiary/aromatic N) is 3. The third-order valence-electron chi connectivity index (χ3n) is 5.83. The normalized spacial score (nSPS) is 31.9.